The van der Waals surface area contributed by atoms with Gasteiger partial charge < -0.3 is 15.0 Å². The van der Waals surface area contributed by atoms with Crippen LogP contribution < -0.4 is 5.32 Å². The van der Waals surface area contributed by atoms with E-state index < -0.39 is 6.09 Å². The maximum absolute atomic E-state index is 12.0. The molecule has 6 heteroatoms. The minimum absolute atomic E-state index is 0.272. The number of nitrogens with zero attached hydrogens (tertiary/aromatic N) is 2. The molecule has 1 saturated heterocycles. The van der Waals surface area contributed by atoms with Crippen LogP contribution in [0, 0.1) is 0 Å². The maximum atomic E-state index is 12.0. The zero-order valence-corrected chi connectivity index (χ0v) is 15.1. The molecule has 1 spiro atoms. The average Bonchev–Trinajstić information content (AvgIpc) is 3.14. The predicted octanol–water partition coefficient (Wildman–Crippen LogP) is 3.49. The van der Waals surface area contributed by atoms with E-state index in [1.54, 1.807) is 5.06 Å². The predicted molar refractivity (Wildman–Crippen MR) is 102 cm³/mol. The van der Waals surface area contributed by atoms with Gasteiger partial charge in [-0.25, -0.2) is 4.79 Å². The number of oxime groups is 1. The highest BCUT2D eigenvalue weighted by Crippen LogP contribution is 2.36. The van der Waals surface area contributed by atoms with Crippen LogP contribution in [0.3, 0.4) is 0 Å². The van der Waals surface area contributed by atoms with Gasteiger partial charge in [0.15, 0.2) is 0 Å². The van der Waals surface area contributed by atoms with E-state index in [1.165, 1.54) is 0 Å². The molecule has 0 radical (unpaired) electrons. The number of benzene rings is 2. The molecule has 0 aromatic heterocycles. The Labute approximate surface area is 158 Å². The number of piperidine rings is 1. The Kier molecular flexibility index (Phi) is 5.07. The van der Waals surface area contributed by atoms with Gasteiger partial charge in [0.25, 0.3) is 0 Å². The molecule has 1 amide bonds. The highest BCUT2D eigenvalue weighted by molar-refractivity contribution is 6.01. The van der Waals surface area contributed by atoms with Crippen LogP contribution in [-0.2, 0) is 16.2 Å². The van der Waals surface area contributed by atoms with Gasteiger partial charge in [-0.2, -0.15) is 0 Å². The summed E-state index contributed by atoms with van der Waals surface area (Å²) in [5.74, 6) is 0. The lowest BCUT2D eigenvalue weighted by atomic mass is 9.86. The van der Waals surface area contributed by atoms with Gasteiger partial charge in [0.05, 0.1) is 5.71 Å². The van der Waals surface area contributed by atoms with Crippen LogP contribution in [-0.4, -0.2) is 35.6 Å². The molecule has 2 aromatic carbocycles. The van der Waals surface area contributed by atoms with Gasteiger partial charge in [-0.05, 0) is 11.1 Å². The van der Waals surface area contributed by atoms with E-state index in [4.69, 9.17) is 9.68 Å². The summed E-state index contributed by atoms with van der Waals surface area (Å²) in [4.78, 5) is 23.2. The fraction of sp³-hybridized carbons (Fsp3) is 0.333. The lowest BCUT2D eigenvalue weighted by molar-refractivity contribution is -0.157. The quantitative estimate of drug-likeness (QED) is 0.901. The molecule has 2 aromatic rings. The van der Waals surface area contributed by atoms with Crippen LogP contribution in [0.1, 0.15) is 30.4 Å². The third-order valence-electron chi connectivity index (χ3n) is 5.07. The zero-order valence-electron chi connectivity index (χ0n) is 15.1. The molecule has 0 atom stereocenters. The molecule has 1 N–H and O–H groups in total. The molecular formula is C21H23N3O3. The van der Waals surface area contributed by atoms with Gasteiger partial charge in [-0.1, -0.05) is 65.8 Å². The molecule has 6 nitrogen and oxygen atoms in total. The van der Waals surface area contributed by atoms with E-state index in [2.05, 4.69) is 22.6 Å². The molecule has 2 aliphatic rings. The molecule has 0 bridgehead atoms. The van der Waals surface area contributed by atoms with Crippen LogP contribution in [0.5, 0.6) is 0 Å². The Hall–Kier alpha value is -2.86. The van der Waals surface area contributed by atoms with Crippen LogP contribution in [0.15, 0.2) is 65.8 Å². The number of amides is 1. The molecule has 140 valence electrons. The van der Waals surface area contributed by atoms with Crippen molar-refractivity contribution in [2.24, 2.45) is 5.16 Å². The second-order valence-electron chi connectivity index (χ2n) is 7.00. The van der Waals surface area contributed by atoms with Crippen molar-refractivity contribution in [3.05, 3.63) is 71.8 Å². The van der Waals surface area contributed by atoms with E-state index in [0.717, 1.165) is 36.1 Å². The first-order chi connectivity index (χ1) is 13.2. The second-order valence-corrected chi connectivity index (χ2v) is 7.00. The number of carbonyl (C=O) groups is 1. The number of hydrogen-bond acceptors (Lipinski definition) is 5. The van der Waals surface area contributed by atoms with Gasteiger partial charge >= 0.3 is 6.09 Å². The Bertz CT molecular complexity index is 800. The minimum Gasteiger partial charge on any atom is -0.388 e. The average molecular weight is 365 g/mol. The highest BCUT2D eigenvalue weighted by Gasteiger charge is 2.43. The second kappa shape index (κ2) is 7.80. The Morgan fingerprint density at radius 3 is 2.44 bits per heavy atom. The van der Waals surface area contributed by atoms with E-state index in [-0.39, 0.29) is 5.60 Å². The first-order valence-corrected chi connectivity index (χ1v) is 9.28. The van der Waals surface area contributed by atoms with Crippen molar-refractivity contribution < 1.29 is 14.5 Å². The maximum Gasteiger partial charge on any atom is 0.426 e. The van der Waals surface area contributed by atoms with E-state index in [9.17, 15) is 4.79 Å². The van der Waals surface area contributed by atoms with Crippen molar-refractivity contribution in [3.63, 3.8) is 0 Å². The van der Waals surface area contributed by atoms with Gasteiger partial charge in [0, 0.05) is 38.9 Å². The molecule has 27 heavy (non-hydrogen) atoms. The van der Waals surface area contributed by atoms with Crippen molar-refractivity contribution in [1.29, 1.82) is 0 Å². The van der Waals surface area contributed by atoms with Crippen molar-refractivity contribution in [2.45, 2.75) is 31.4 Å². The number of carbonyl (C=O) groups excluding carboxylic acids is 1. The van der Waals surface area contributed by atoms with Gasteiger partial charge in [-0.15, -0.1) is 5.06 Å². The third kappa shape index (κ3) is 4.28. The van der Waals surface area contributed by atoms with E-state index in [0.29, 0.717) is 19.6 Å². The first-order valence-electron chi connectivity index (χ1n) is 9.28. The molecule has 2 heterocycles. The number of rotatable bonds is 4. The summed E-state index contributed by atoms with van der Waals surface area (Å²) < 4.78 is 0. The summed E-state index contributed by atoms with van der Waals surface area (Å²) in [7, 11) is 0. The monoisotopic (exact) mass is 365 g/mol. The number of hydroxylamine groups is 2. The molecule has 0 unspecified atom stereocenters. The smallest absolute Gasteiger partial charge is 0.388 e. The number of hydrogen-bond donors (Lipinski definition) is 1. The van der Waals surface area contributed by atoms with Crippen molar-refractivity contribution in [3.8, 4) is 0 Å². The molecule has 1 fully saturated rings. The van der Waals surface area contributed by atoms with Crippen molar-refractivity contribution in [2.75, 3.05) is 13.1 Å². The van der Waals surface area contributed by atoms with E-state index in [1.807, 2.05) is 48.5 Å². The van der Waals surface area contributed by atoms with Gasteiger partial charge in [-0.3, -0.25) is 0 Å². The fourth-order valence-electron chi connectivity index (χ4n) is 3.48. The third-order valence-corrected chi connectivity index (χ3v) is 5.07. The Balaban J connectivity index is 1.23. The largest absolute Gasteiger partial charge is 0.426 e. The van der Waals surface area contributed by atoms with Crippen LogP contribution in [0.25, 0.3) is 0 Å². The minimum atomic E-state index is -0.427. The topological polar surface area (TPSA) is 63.2 Å². The molecule has 0 aliphatic carbocycles. The van der Waals surface area contributed by atoms with Crippen molar-refractivity contribution >= 4 is 11.8 Å². The van der Waals surface area contributed by atoms with E-state index >= 15 is 0 Å². The fourth-order valence-corrected chi connectivity index (χ4v) is 3.48. The molecule has 4 rings (SSSR count). The van der Waals surface area contributed by atoms with Crippen molar-refractivity contribution in [1.82, 2.24) is 10.4 Å². The van der Waals surface area contributed by atoms with Crippen LogP contribution in [0.4, 0.5) is 4.79 Å². The lowest BCUT2D eigenvalue weighted by Gasteiger charge is -2.35. The first kappa shape index (κ1) is 17.5. The highest BCUT2D eigenvalue weighted by atomic mass is 16.7. The molecular weight excluding hydrogens is 342 g/mol. The lowest BCUT2D eigenvalue weighted by Crippen LogP contribution is -2.46. The Morgan fingerprint density at radius 2 is 1.74 bits per heavy atom. The summed E-state index contributed by atoms with van der Waals surface area (Å²) >= 11 is 0. The molecule has 0 saturated carbocycles. The SMILES string of the molecule is O=C(NCc1ccccc1)ON1CCC2(CC1)CC(c1ccccc1)=NO2. The Morgan fingerprint density at radius 1 is 1.07 bits per heavy atom. The van der Waals surface area contributed by atoms with Crippen LogP contribution in [0.2, 0.25) is 0 Å². The summed E-state index contributed by atoms with van der Waals surface area (Å²) in [5, 5.41) is 8.79. The standard InChI is InChI=1S/C21H23N3O3/c25-20(22-16-17-7-3-1-4-8-17)26-24-13-11-21(12-14-24)15-19(23-27-21)18-9-5-2-6-10-18/h1-10H,11-16H2,(H,22,25). The summed E-state index contributed by atoms with van der Waals surface area (Å²) in [6.07, 6.45) is 1.92. The van der Waals surface area contributed by atoms with Crippen LogP contribution >= 0.6 is 0 Å². The summed E-state index contributed by atoms with van der Waals surface area (Å²) in [5.41, 5.74) is 2.86. The normalized spacial score (nSPS) is 18.6. The van der Waals surface area contributed by atoms with Gasteiger partial charge in [0.2, 0.25) is 0 Å². The zero-order chi connectivity index (χ0) is 18.5. The molecule has 2 aliphatic heterocycles. The summed E-state index contributed by atoms with van der Waals surface area (Å²) in [6.45, 7) is 1.72. The van der Waals surface area contributed by atoms with Gasteiger partial charge in [0.1, 0.15) is 5.60 Å². The summed E-state index contributed by atoms with van der Waals surface area (Å²) in [6, 6.07) is 19.9. The number of nitrogens with one attached hydrogen (secondary N) is 1.